The van der Waals surface area contributed by atoms with Gasteiger partial charge < -0.3 is 14.8 Å². The molecular weight excluding hydrogens is 392 g/mol. The number of nitrogens with one attached hydrogen (secondary N) is 1. The SMILES string of the molecule is C[C@@H](C(=O)Nc1ccc2c(c1)OCCO2)N(c1ccc(Cl)cc1)S(C)(=O)=O. The van der Waals surface area contributed by atoms with Gasteiger partial charge in [0.1, 0.15) is 19.3 Å². The van der Waals surface area contributed by atoms with E-state index >= 15 is 0 Å². The number of carbonyl (C=O) groups is 1. The number of fused-ring (bicyclic) bond motifs is 1. The number of sulfonamides is 1. The van der Waals surface area contributed by atoms with Gasteiger partial charge in [-0.05, 0) is 43.3 Å². The lowest BCUT2D eigenvalue weighted by atomic mass is 10.2. The van der Waals surface area contributed by atoms with Gasteiger partial charge in [-0.2, -0.15) is 0 Å². The van der Waals surface area contributed by atoms with E-state index in [2.05, 4.69) is 5.32 Å². The Kier molecular flexibility index (Phi) is 5.48. The number of ether oxygens (including phenoxy) is 2. The van der Waals surface area contributed by atoms with Crippen LogP contribution in [0.4, 0.5) is 11.4 Å². The first kappa shape index (κ1) is 19.3. The van der Waals surface area contributed by atoms with Crippen LogP contribution in [0.1, 0.15) is 6.92 Å². The Bertz CT molecular complexity index is 947. The fraction of sp³-hybridized carbons (Fsp3) is 0.278. The molecular formula is C18H19ClN2O5S. The Labute approximate surface area is 162 Å². The maximum absolute atomic E-state index is 12.7. The van der Waals surface area contributed by atoms with E-state index in [1.54, 1.807) is 42.5 Å². The van der Waals surface area contributed by atoms with Crippen molar-refractivity contribution in [3.05, 3.63) is 47.5 Å². The van der Waals surface area contributed by atoms with Gasteiger partial charge in [0.25, 0.3) is 0 Å². The van der Waals surface area contributed by atoms with E-state index in [9.17, 15) is 13.2 Å². The van der Waals surface area contributed by atoms with E-state index in [1.807, 2.05) is 0 Å². The normalized spacial score (nSPS) is 14.3. The molecule has 0 aromatic heterocycles. The highest BCUT2D eigenvalue weighted by Gasteiger charge is 2.29. The van der Waals surface area contributed by atoms with Gasteiger partial charge in [0.15, 0.2) is 11.5 Å². The summed E-state index contributed by atoms with van der Waals surface area (Å²) in [5.74, 6) is 0.655. The van der Waals surface area contributed by atoms with Gasteiger partial charge in [-0.3, -0.25) is 9.10 Å². The van der Waals surface area contributed by atoms with Gasteiger partial charge in [-0.1, -0.05) is 11.6 Å². The maximum atomic E-state index is 12.7. The van der Waals surface area contributed by atoms with Gasteiger partial charge in [-0.15, -0.1) is 0 Å². The predicted octanol–water partition coefficient (Wildman–Crippen LogP) is 2.90. The number of benzene rings is 2. The number of amides is 1. The van der Waals surface area contributed by atoms with Crippen molar-refractivity contribution in [3.63, 3.8) is 0 Å². The lowest BCUT2D eigenvalue weighted by molar-refractivity contribution is -0.116. The molecule has 1 aliphatic rings. The molecule has 3 rings (SSSR count). The molecule has 0 saturated carbocycles. The lowest BCUT2D eigenvalue weighted by Gasteiger charge is -2.28. The van der Waals surface area contributed by atoms with Crippen molar-refractivity contribution < 1.29 is 22.7 Å². The number of nitrogens with zero attached hydrogens (tertiary/aromatic N) is 1. The number of carbonyl (C=O) groups excluding carboxylic acids is 1. The average molecular weight is 411 g/mol. The van der Waals surface area contributed by atoms with Crippen LogP contribution in [0.2, 0.25) is 5.02 Å². The predicted molar refractivity (Wildman–Crippen MR) is 104 cm³/mol. The first-order valence-electron chi connectivity index (χ1n) is 8.21. The molecule has 9 heteroatoms. The molecule has 2 aromatic carbocycles. The molecule has 0 saturated heterocycles. The summed E-state index contributed by atoms with van der Waals surface area (Å²) in [6.45, 7) is 2.42. The second kappa shape index (κ2) is 7.66. The monoisotopic (exact) mass is 410 g/mol. The molecule has 1 aliphatic heterocycles. The first-order valence-corrected chi connectivity index (χ1v) is 10.4. The Balaban J connectivity index is 1.82. The number of anilines is 2. The van der Waals surface area contributed by atoms with E-state index in [0.29, 0.717) is 41.1 Å². The van der Waals surface area contributed by atoms with Gasteiger partial charge in [0, 0.05) is 16.8 Å². The minimum absolute atomic E-state index is 0.353. The van der Waals surface area contributed by atoms with Crippen molar-refractivity contribution in [3.8, 4) is 11.5 Å². The molecule has 0 spiro atoms. The third kappa shape index (κ3) is 4.45. The largest absolute Gasteiger partial charge is 0.486 e. The Hall–Kier alpha value is -2.45. The minimum atomic E-state index is -3.70. The van der Waals surface area contributed by atoms with E-state index in [1.165, 1.54) is 6.92 Å². The zero-order chi connectivity index (χ0) is 19.6. The summed E-state index contributed by atoms with van der Waals surface area (Å²) >= 11 is 5.87. The third-order valence-electron chi connectivity index (χ3n) is 3.98. The molecule has 0 fully saturated rings. The molecule has 0 aliphatic carbocycles. The van der Waals surface area contributed by atoms with Gasteiger partial charge in [0.2, 0.25) is 15.9 Å². The summed E-state index contributed by atoms with van der Waals surface area (Å²) in [5.41, 5.74) is 0.840. The summed E-state index contributed by atoms with van der Waals surface area (Å²) in [6.07, 6.45) is 1.05. The number of hydrogen-bond acceptors (Lipinski definition) is 5. The molecule has 0 bridgehead atoms. The van der Waals surface area contributed by atoms with Crippen molar-refractivity contribution in [1.82, 2.24) is 0 Å². The van der Waals surface area contributed by atoms with Crippen LogP contribution >= 0.6 is 11.6 Å². The smallest absolute Gasteiger partial charge is 0.247 e. The molecule has 2 aromatic rings. The highest BCUT2D eigenvalue weighted by atomic mass is 35.5. The summed E-state index contributed by atoms with van der Waals surface area (Å²) < 4.78 is 36.6. The van der Waals surface area contributed by atoms with Crippen molar-refractivity contribution in [2.45, 2.75) is 13.0 Å². The third-order valence-corrected chi connectivity index (χ3v) is 5.47. The molecule has 1 heterocycles. The van der Waals surface area contributed by atoms with E-state index < -0.39 is 22.0 Å². The molecule has 27 heavy (non-hydrogen) atoms. The molecule has 1 amide bonds. The fourth-order valence-corrected chi connectivity index (χ4v) is 4.07. The minimum Gasteiger partial charge on any atom is -0.486 e. The second-order valence-corrected chi connectivity index (χ2v) is 8.35. The lowest BCUT2D eigenvalue weighted by Crippen LogP contribution is -2.45. The molecule has 1 N–H and O–H groups in total. The van der Waals surface area contributed by atoms with Crippen LogP contribution in [0.25, 0.3) is 0 Å². The van der Waals surface area contributed by atoms with Crippen molar-refractivity contribution in [1.29, 1.82) is 0 Å². The Morgan fingerprint density at radius 2 is 1.74 bits per heavy atom. The van der Waals surface area contributed by atoms with Crippen LogP contribution < -0.4 is 19.1 Å². The van der Waals surface area contributed by atoms with Gasteiger partial charge >= 0.3 is 0 Å². The zero-order valence-electron chi connectivity index (χ0n) is 14.8. The van der Waals surface area contributed by atoms with Crippen molar-refractivity contribution in [2.24, 2.45) is 0 Å². The van der Waals surface area contributed by atoms with Crippen LogP contribution in [0.15, 0.2) is 42.5 Å². The van der Waals surface area contributed by atoms with Gasteiger partial charge in [-0.25, -0.2) is 8.42 Å². The van der Waals surface area contributed by atoms with E-state index in [-0.39, 0.29) is 0 Å². The Morgan fingerprint density at radius 1 is 1.11 bits per heavy atom. The van der Waals surface area contributed by atoms with Crippen molar-refractivity contribution in [2.75, 3.05) is 29.1 Å². The quantitative estimate of drug-likeness (QED) is 0.819. The van der Waals surface area contributed by atoms with E-state index in [0.717, 1.165) is 10.6 Å². The van der Waals surface area contributed by atoms with Crippen LogP contribution in [0.3, 0.4) is 0 Å². The fourth-order valence-electron chi connectivity index (χ4n) is 2.76. The van der Waals surface area contributed by atoms with Gasteiger partial charge in [0.05, 0.1) is 11.9 Å². The highest BCUT2D eigenvalue weighted by molar-refractivity contribution is 7.92. The van der Waals surface area contributed by atoms with E-state index in [4.69, 9.17) is 21.1 Å². The number of rotatable bonds is 5. The van der Waals surface area contributed by atoms with Crippen LogP contribution in [-0.4, -0.2) is 39.8 Å². The standard InChI is InChI=1S/C18H19ClN2O5S/c1-12(21(27(2,23)24)15-6-3-13(19)4-7-15)18(22)20-14-5-8-16-17(11-14)26-10-9-25-16/h3-8,11-12H,9-10H2,1-2H3,(H,20,22)/t12-/m0/s1. The summed E-state index contributed by atoms with van der Waals surface area (Å²) in [7, 11) is -3.70. The number of halogens is 1. The maximum Gasteiger partial charge on any atom is 0.247 e. The first-order chi connectivity index (χ1) is 12.8. The summed E-state index contributed by atoms with van der Waals surface area (Å²) in [6, 6.07) is 10.3. The Morgan fingerprint density at radius 3 is 2.37 bits per heavy atom. The summed E-state index contributed by atoms with van der Waals surface area (Å²) in [5, 5.41) is 3.19. The summed E-state index contributed by atoms with van der Waals surface area (Å²) in [4.78, 5) is 12.7. The highest BCUT2D eigenvalue weighted by Crippen LogP contribution is 2.33. The second-order valence-electron chi connectivity index (χ2n) is 6.06. The van der Waals surface area contributed by atoms with Crippen LogP contribution in [-0.2, 0) is 14.8 Å². The topological polar surface area (TPSA) is 84.9 Å². The zero-order valence-corrected chi connectivity index (χ0v) is 16.4. The molecule has 0 radical (unpaired) electrons. The average Bonchev–Trinajstić information content (AvgIpc) is 2.62. The molecule has 0 unspecified atom stereocenters. The molecule has 144 valence electrons. The van der Waals surface area contributed by atoms with Crippen LogP contribution in [0.5, 0.6) is 11.5 Å². The molecule has 1 atom stereocenters. The van der Waals surface area contributed by atoms with Crippen molar-refractivity contribution >= 4 is 38.9 Å². The van der Waals surface area contributed by atoms with Crippen LogP contribution in [0, 0.1) is 0 Å². The molecule has 7 nitrogen and oxygen atoms in total. The number of hydrogen-bond donors (Lipinski definition) is 1.